The number of ether oxygens (including phenoxy) is 1. The Morgan fingerprint density at radius 3 is 3.06 bits per heavy atom. The van der Waals surface area contributed by atoms with Crippen LogP contribution in [-0.2, 0) is 11.3 Å². The molecule has 1 aromatic rings. The summed E-state index contributed by atoms with van der Waals surface area (Å²) in [5.41, 5.74) is 1.02. The van der Waals surface area contributed by atoms with E-state index in [0.717, 1.165) is 24.8 Å². The van der Waals surface area contributed by atoms with Gasteiger partial charge in [0, 0.05) is 12.8 Å². The molecule has 2 heterocycles. The first kappa shape index (κ1) is 14.4. The fourth-order valence-electron chi connectivity index (χ4n) is 2.08. The molecule has 3 nitrogen and oxygen atoms in total. The predicted molar refractivity (Wildman–Crippen MR) is 71.4 cm³/mol. The van der Waals surface area contributed by atoms with Crippen molar-refractivity contribution >= 4 is 12.4 Å². The van der Waals surface area contributed by atoms with Gasteiger partial charge in [0.05, 0.1) is 12.3 Å². The number of piperidine rings is 1. The lowest BCUT2D eigenvalue weighted by atomic mass is 9.97. The van der Waals surface area contributed by atoms with Crippen LogP contribution in [0.15, 0.2) is 24.4 Å². The molecular weight excluding hydrogens is 236 g/mol. The Hall–Kier alpha value is -0.640. The molecule has 0 spiro atoms. The molecule has 0 saturated carbocycles. The third-order valence-electron chi connectivity index (χ3n) is 3.05. The van der Waals surface area contributed by atoms with Crippen LogP contribution in [-0.4, -0.2) is 24.7 Å². The number of rotatable bonds is 5. The van der Waals surface area contributed by atoms with Crippen molar-refractivity contribution in [3.63, 3.8) is 0 Å². The number of aromatic nitrogens is 1. The molecule has 1 N–H and O–H groups in total. The highest BCUT2D eigenvalue weighted by molar-refractivity contribution is 5.85. The van der Waals surface area contributed by atoms with E-state index in [2.05, 4.69) is 10.3 Å². The minimum Gasteiger partial charge on any atom is -0.375 e. The molecule has 1 aromatic heterocycles. The van der Waals surface area contributed by atoms with E-state index < -0.39 is 0 Å². The summed E-state index contributed by atoms with van der Waals surface area (Å²) in [6.07, 6.45) is 5.63. The molecule has 96 valence electrons. The molecule has 17 heavy (non-hydrogen) atoms. The fourth-order valence-corrected chi connectivity index (χ4v) is 2.08. The summed E-state index contributed by atoms with van der Waals surface area (Å²) in [5, 5.41) is 3.43. The van der Waals surface area contributed by atoms with Gasteiger partial charge < -0.3 is 10.1 Å². The maximum Gasteiger partial charge on any atom is 0.0887 e. The molecule has 0 amide bonds. The molecular formula is C13H21ClN2O. The van der Waals surface area contributed by atoms with Crippen LogP contribution in [0.5, 0.6) is 0 Å². The third kappa shape index (κ3) is 5.48. The van der Waals surface area contributed by atoms with Gasteiger partial charge in [0.2, 0.25) is 0 Å². The van der Waals surface area contributed by atoms with Crippen molar-refractivity contribution in [3.05, 3.63) is 30.1 Å². The molecule has 0 aliphatic carbocycles. The molecule has 1 aliphatic rings. The first-order valence-corrected chi connectivity index (χ1v) is 6.13. The second kappa shape index (κ2) is 8.45. The lowest BCUT2D eigenvalue weighted by Crippen LogP contribution is -2.30. The Labute approximate surface area is 109 Å². The largest absolute Gasteiger partial charge is 0.375 e. The Kier molecular flexibility index (Phi) is 7.17. The van der Waals surface area contributed by atoms with Crippen molar-refractivity contribution < 1.29 is 4.74 Å². The van der Waals surface area contributed by atoms with E-state index >= 15 is 0 Å². The standard InChI is InChI=1S/C13H20N2O.ClH/c1-2-8-15-13(5-1)11-16-9-6-12-4-3-7-14-10-12;/h1-2,5,8,12,14H,3-4,6-7,9-11H2;1H. The number of hydrogen-bond acceptors (Lipinski definition) is 3. The predicted octanol–water partition coefficient (Wildman–Crippen LogP) is 2.41. The summed E-state index contributed by atoms with van der Waals surface area (Å²) in [4.78, 5) is 4.23. The van der Waals surface area contributed by atoms with Gasteiger partial charge in [-0.15, -0.1) is 12.4 Å². The van der Waals surface area contributed by atoms with Gasteiger partial charge in [0.15, 0.2) is 0 Å². The van der Waals surface area contributed by atoms with Gasteiger partial charge in [-0.2, -0.15) is 0 Å². The van der Waals surface area contributed by atoms with Crippen molar-refractivity contribution in [3.8, 4) is 0 Å². The van der Waals surface area contributed by atoms with Crippen molar-refractivity contribution in [2.45, 2.75) is 25.9 Å². The maximum absolute atomic E-state index is 5.63. The molecule has 0 bridgehead atoms. The topological polar surface area (TPSA) is 34.1 Å². The zero-order valence-corrected chi connectivity index (χ0v) is 10.9. The average Bonchev–Trinajstić information content (AvgIpc) is 2.37. The van der Waals surface area contributed by atoms with Crippen molar-refractivity contribution in [1.82, 2.24) is 10.3 Å². The van der Waals surface area contributed by atoms with Crippen molar-refractivity contribution in [2.24, 2.45) is 5.92 Å². The quantitative estimate of drug-likeness (QED) is 0.822. The molecule has 0 radical (unpaired) electrons. The Morgan fingerprint density at radius 1 is 1.41 bits per heavy atom. The lowest BCUT2D eigenvalue weighted by Gasteiger charge is -2.22. The van der Waals surface area contributed by atoms with E-state index in [4.69, 9.17) is 4.74 Å². The van der Waals surface area contributed by atoms with E-state index in [0.29, 0.717) is 6.61 Å². The van der Waals surface area contributed by atoms with Gasteiger partial charge in [-0.25, -0.2) is 0 Å². The monoisotopic (exact) mass is 256 g/mol. The van der Waals surface area contributed by atoms with Crippen LogP contribution in [0, 0.1) is 5.92 Å². The zero-order chi connectivity index (χ0) is 11.1. The van der Waals surface area contributed by atoms with Crippen LogP contribution in [0.4, 0.5) is 0 Å². The van der Waals surface area contributed by atoms with Gasteiger partial charge in [-0.1, -0.05) is 6.07 Å². The molecule has 1 saturated heterocycles. The van der Waals surface area contributed by atoms with E-state index in [-0.39, 0.29) is 12.4 Å². The second-order valence-electron chi connectivity index (χ2n) is 4.37. The van der Waals surface area contributed by atoms with E-state index in [9.17, 15) is 0 Å². The number of nitrogens with one attached hydrogen (secondary N) is 1. The molecule has 1 unspecified atom stereocenters. The summed E-state index contributed by atoms with van der Waals surface area (Å²) in [7, 11) is 0. The molecule has 1 aliphatic heterocycles. The van der Waals surface area contributed by atoms with Crippen LogP contribution in [0.3, 0.4) is 0 Å². The SMILES string of the molecule is Cl.c1ccc(COCCC2CCCNC2)nc1. The third-order valence-corrected chi connectivity index (χ3v) is 3.05. The molecule has 0 aromatic carbocycles. The van der Waals surface area contributed by atoms with Crippen LogP contribution in [0.25, 0.3) is 0 Å². The fraction of sp³-hybridized carbons (Fsp3) is 0.615. The van der Waals surface area contributed by atoms with Gasteiger partial charge in [-0.3, -0.25) is 4.98 Å². The van der Waals surface area contributed by atoms with Gasteiger partial charge in [0.1, 0.15) is 0 Å². The summed E-state index contributed by atoms with van der Waals surface area (Å²) >= 11 is 0. The smallest absolute Gasteiger partial charge is 0.0887 e. The normalized spacial score (nSPS) is 19.6. The van der Waals surface area contributed by atoms with Crippen molar-refractivity contribution in [1.29, 1.82) is 0 Å². The van der Waals surface area contributed by atoms with Crippen LogP contribution in [0.2, 0.25) is 0 Å². The average molecular weight is 257 g/mol. The number of halogens is 1. The van der Waals surface area contributed by atoms with Crippen molar-refractivity contribution in [2.75, 3.05) is 19.7 Å². The van der Waals surface area contributed by atoms with Crippen LogP contribution < -0.4 is 5.32 Å². The molecule has 1 atom stereocenters. The minimum absolute atomic E-state index is 0. The van der Waals surface area contributed by atoms with E-state index in [1.807, 2.05) is 24.4 Å². The number of pyridine rings is 1. The van der Waals surface area contributed by atoms with Crippen LogP contribution >= 0.6 is 12.4 Å². The van der Waals surface area contributed by atoms with E-state index in [1.54, 1.807) is 0 Å². The van der Waals surface area contributed by atoms with Gasteiger partial charge in [-0.05, 0) is 50.4 Å². The Bertz CT molecular complexity index is 289. The maximum atomic E-state index is 5.63. The molecule has 4 heteroatoms. The molecule has 2 rings (SSSR count). The highest BCUT2D eigenvalue weighted by atomic mass is 35.5. The highest BCUT2D eigenvalue weighted by Gasteiger charge is 2.12. The zero-order valence-electron chi connectivity index (χ0n) is 10.1. The molecule has 1 fully saturated rings. The number of hydrogen-bond donors (Lipinski definition) is 1. The van der Waals surface area contributed by atoms with Crippen LogP contribution in [0.1, 0.15) is 25.0 Å². The van der Waals surface area contributed by atoms with Gasteiger partial charge >= 0.3 is 0 Å². The minimum atomic E-state index is 0. The Morgan fingerprint density at radius 2 is 2.35 bits per heavy atom. The summed E-state index contributed by atoms with van der Waals surface area (Å²) in [5.74, 6) is 0.803. The lowest BCUT2D eigenvalue weighted by molar-refractivity contribution is 0.101. The second-order valence-corrected chi connectivity index (χ2v) is 4.37. The number of nitrogens with zero attached hydrogens (tertiary/aromatic N) is 1. The summed E-state index contributed by atoms with van der Waals surface area (Å²) in [6.45, 7) is 3.84. The van der Waals surface area contributed by atoms with E-state index in [1.165, 1.54) is 25.8 Å². The Balaban J connectivity index is 0.00000144. The first-order valence-electron chi connectivity index (χ1n) is 6.13. The van der Waals surface area contributed by atoms with Gasteiger partial charge in [0.25, 0.3) is 0 Å². The summed E-state index contributed by atoms with van der Waals surface area (Å²) < 4.78 is 5.63. The summed E-state index contributed by atoms with van der Waals surface area (Å²) in [6, 6.07) is 5.93. The first-order chi connectivity index (χ1) is 7.95. The highest BCUT2D eigenvalue weighted by Crippen LogP contribution is 2.13.